The molecular weight excluding hydrogens is 344 g/mol. The number of esters is 1. The van der Waals surface area contributed by atoms with Crippen LogP contribution in [0.1, 0.15) is 51.3 Å². The van der Waals surface area contributed by atoms with Crippen molar-refractivity contribution in [2.24, 2.45) is 17.3 Å². The summed E-state index contributed by atoms with van der Waals surface area (Å²) < 4.78 is 5.69. The lowest BCUT2D eigenvalue weighted by Crippen LogP contribution is -2.10. The van der Waals surface area contributed by atoms with E-state index >= 15 is 0 Å². The quantitative estimate of drug-likeness (QED) is 0.431. The largest absolute Gasteiger partial charge is 0.461 e. The second kappa shape index (κ2) is 8.18. The Hall–Kier alpha value is -2.61. The Balaban J connectivity index is 1.69. The molecule has 0 unspecified atom stereocenters. The first-order valence-electron chi connectivity index (χ1n) is 9.97. The molecule has 1 aliphatic rings. The Morgan fingerprint density at radius 3 is 2.36 bits per heavy atom. The van der Waals surface area contributed by atoms with Gasteiger partial charge in [0, 0.05) is 0 Å². The van der Waals surface area contributed by atoms with Crippen molar-refractivity contribution in [2.45, 2.75) is 41.2 Å². The maximum absolute atomic E-state index is 12.6. The Morgan fingerprint density at radius 1 is 1.04 bits per heavy atom. The van der Waals surface area contributed by atoms with Gasteiger partial charge in [-0.15, -0.1) is 0 Å². The van der Waals surface area contributed by atoms with E-state index in [1.165, 1.54) is 16.7 Å². The molecule has 1 fully saturated rings. The van der Waals surface area contributed by atoms with Crippen molar-refractivity contribution >= 4 is 11.5 Å². The third kappa shape index (κ3) is 4.27. The fourth-order valence-corrected chi connectivity index (χ4v) is 3.99. The summed E-state index contributed by atoms with van der Waals surface area (Å²) in [5.41, 5.74) is 5.75. The van der Waals surface area contributed by atoms with E-state index in [2.05, 4.69) is 64.1 Å². The highest BCUT2D eigenvalue weighted by molar-refractivity contribution is 5.80. The number of allylic oxidation sites excluding steroid dienone is 3. The highest BCUT2D eigenvalue weighted by Crippen LogP contribution is 2.59. The van der Waals surface area contributed by atoms with Gasteiger partial charge in [0.05, 0.1) is 5.92 Å². The van der Waals surface area contributed by atoms with Crippen molar-refractivity contribution in [1.82, 2.24) is 0 Å². The molecule has 1 aliphatic carbocycles. The zero-order valence-electron chi connectivity index (χ0n) is 17.5. The second-order valence-corrected chi connectivity index (χ2v) is 8.45. The van der Waals surface area contributed by atoms with E-state index in [1.54, 1.807) is 0 Å². The van der Waals surface area contributed by atoms with Gasteiger partial charge in [0.15, 0.2) is 0 Å². The Kier molecular flexibility index (Phi) is 5.88. The monoisotopic (exact) mass is 374 g/mol. The van der Waals surface area contributed by atoms with E-state index < -0.39 is 0 Å². The van der Waals surface area contributed by atoms with Crippen molar-refractivity contribution < 1.29 is 9.53 Å². The van der Waals surface area contributed by atoms with Crippen LogP contribution in [0.2, 0.25) is 0 Å². The third-order valence-electron chi connectivity index (χ3n) is 5.67. The number of hydrogen-bond donors (Lipinski definition) is 0. The molecule has 1 saturated carbocycles. The van der Waals surface area contributed by atoms with Gasteiger partial charge >= 0.3 is 5.97 Å². The molecular formula is C26H30O2. The van der Waals surface area contributed by atoms with Crippen LogP contribution >= 0.6 is 0 Å². The zero-order valence-corrected chi connectivity index (χ0v) is 17.5. The fraction of sp³-hybridized carbons (Fsp3) is 0.346. The fourth-order valence-electron chi connectivity index (χ4n) is 3.99. The topological polar surface area (TPSA) is 26.3 Å². The Labute approximate surface area is 168 Å². The van der Waals surface area contributed by atoms with Gasteiger partial charge in [-0.25, -0.2) is 0 Å². The van der Waals surface area contributed by atoms with Crippen molar-refractivity contribution in [1.29, 1.82) is 0 Å². The molecule has 2 aromatic carbocycles. The van der Waals surface area contributed by atoms with Gasteiger partial charge in [-0.05, 0) is 60.4 Å². The highest BCUT2D eigenvalue weighted by Gasteiger charge is 2.61. The third-order valence-corrected chi connectivity index (χ3v) is 5.67. The van der Waals surface area contributed by atoms with Gasteiger partial charge in [0.25, 0.3) is 0 Å². The van der Waals surface area contributed by atoms with Crippen molar-refractivity contribution in [3.05, 3.63) is 89.0 Å². The summed E-state index contributed by atoms with van der Waals surface area (Å²) in [7, 11) is 0. The van der Waals surface area contributed by atoms with Crippen LogP contribution in [0.5, 0.6) is 0 Å². The number of carbonyl (C=O) groups is 1. The molecule has 0 spiro atoms. The molecule has 28 heavy (non-hydrogen) atoms. The smallest absolute Gasteiger partial charge is 0.310 e. The summed E-state index contributed by atoms with van der Waals surface area (Å²) in [6.07, 6.45) is 4.32. The first-order valence-corrected chi connectivity index (χ1v) is 9.97. The lowest BCUT2D eigenvalue weighted by atomic mass is 9.96. The van der Waals surface area contributed by atoms with Gasteiger partial charge in [0.1, 0.15) is 6.61 Å². The van der Waals surface area contributed by atoms with Crippen LogP contribution in [-0.4, -0.2) is 5.97 Å². The molecule has 0 saturated heterocycles. The minimum absolute atomic E-state index is 0.0123. The van der Waals surface area contributed by atoms with Gasteiger partial charge in [-0.1, -0.05) is 80.1 Å². The van der Waals surface area contributed by atoms with E-state index in [-0.39, 0.29) is 23.2 Å². The predicted octanol–water partition coefficient (Wildman–Crippen LogP) is 6.42. The standard InChI is InChI=1S/C26H30O2/c1-6-22(20-12-8-7-9-13-20)21-14-10-11-19(16-21)17-28-25(27)24-23(15-18(2)3)26(24,4)5/h6-16,23-24H,17H2,1-5H3/t23-,24+/m0/s1. The van der Waals surface area contributed by atoms with Crippen LogP contribution in [0.15, 0.2) is 72.3 Å². The SMILES string of the molecule is CC=C(c1ccccc1)c1cccc(COC(=O)[C@H]2[C@H](C=C(C)C)C2(C)C)c1. The number of carbonyl (C=O) groups excluding carboxylic acids is 1. The normalized spacial score (nSPS) is 20.4. The average Bonchev–Trinajstić information content (AvgIpc) is 3.21. The van der Waals surface area contributed by atoms with Crippen LogP contribution in [0.4, 0.5) is 0 Å². The van der Waals surface area contributed by atoms with E-state index in [0.29, 0.717) is 6.61 Å². The first kappa shape index (κ1) is 20.1. The van der Waals surface area contributed by atoms with Crippen LogP contribution in [-0.2, 0) is 16.1 Å². The highest BCUT2D eigenvalue weighted by atomic mass is 16.5. The van der Waals surface area contributed by atoms with Crippen LogP contribution in [0.3, 0.4) is 0 Å². The molecule has 2 nitrogen and oxygen atoms in total. The average molecular weight is 375 g/mol. The Bertz CT molecular complexity index is 899. The van der Waals surface area contributed by atoms with Crippen LogP contribution in [0, 0.1) is 17.3 Å². The number of benzene rings is 2. The lowest BCUT2D eigenvalue weighted by Gasteiger charge is -2.11. The van der Waals surface area contributed by atoms with E-state index in [1.807, 2.05) is 37.3 Å². The van der Waals surface area contributed by atoms with Crippen molar-refractivity contribution in [3.8, 4) is 0 Å². The molecule has 2 heteroatoms. The summed E-state index contributed by atoms with van der Waals surface area (Å²) in [6, 6.07) is 18.6. The minimum atomic E-state index is -0.0905. The second-order valence-electron chi connectivity index (χ2n) is 8.45. The van der Waals surface area contributed by atoms with E-state index in [4.69, 9.17) is 4.74 Å². The molecule has 0 amide bonds. The predicted molar refractivity (Wildman–Crippen MR) is 116 cm³/mol. The summed E-state index contributed by atoms with van der Waals surface area (Å²) in [5.74, 6) is 0.150. The van der Waals surface area contributed by atoms with Crippen molar-refractivity contribution in [3.63, 3.8) is 0 Å². The summed E-state index contributed by atoms with van der Waals surface area (Å²) in [6.45, 7) is 10.8. The van der Waals surface area contributed by atoms with Gasteiger partial charge in [-0.3, -0.25) is 4.79 Å². The molecule has 0 aromatic heterocycles. The maximum Gasteiger partial charge on any atom is 0.310 e. The van der Waals surface area contributed by atoms with Crippen LogP contribution in [0.25, 0.3) is 5.57 Å². The zero-order chi connectivity index (χ0) is 20.3. The summed E-state index contributed by atoms with van der Waals surface area (Å²) in [5, 5.41) is 0. The number of ether oxygens (including phenoxy) is 1. The van der Waals surface area contributed by atoms with Gasteiger partial charge in [0.2, 0.25) is 0 Å². The summed E-state index contributed by atoms with van der Waals surface area (Å²) >= 11 is 0. The van der Waals surface area contributed by atoms with Gasteiger partial charge < -0.3 is 4.74 Å². The van der Waals surface area contributed by atoms with E-state index in [0.717, 1.165) is 11.1 Å². The minimum Gasteiger partial charge on any atom is -0.461 e. The van der Waals surface area contributed by atoms with Crippen LogP contribution < -0.4 is 0 Å². The molecule has 0 bridgehead atoms. The molecule has 146 valence electrons. The molecule has 3 rings (SSSR count). The molecule has 0 N–H and O–H groups in total. The first-order chi connectivity index (χ1) is 13.3. The molecule has 0 heterocycles. The Morgan fingerprint density at radius 2 is 1.71 bits per heavy atom. The molecule has 2 aromatic rings. The van der Waals surface area contributed by atoms with E-state index in [9.17, 15) is 4.79 Å². The molecule has 0 radical (unpaired) electrons. The number of hydrogen-bond acceptors (Lipinski definition) is 2. The molecule has 0 aliphatic heterocycles. The molecule has 2 atom stereocenters. The number of rotatable bonds is 6. The van der Waals surface area contributed by atoms with Crippen molar-refractivity contribution in [2.75, 3.05) is 0 Å². The lowest BCUT2D eigenvalue weighted by molar-refractivity contribution is -0.147. The maximum atomic E-state index is 12.6. The van der Waals surface area contributed by atoms with Gasteiger partial charge in [-0.2, -0.15) is 0 Å². The summed E-state index contributed by atoms with van der Waals surface area (Å²) in [4.78, 5) is 12.6.